The zero-order valence-corrected chi connectivity index (χ0v) is 9.46. The molecule has 78 valence electrons. The van der Waals surface area contributed by atoms with E-state index in [-0.39, 0.29) is 0 Å². The molecule has 0 aliphatic heterocycles. The Kier molecular flexibility index (Phi) is 1.99. The molecule has 1 aliphatic carbocycles. The summed E-state index contributed by atoms with van der Waals surface area (Å²) in [7, 11) is 0. The number of fused-ring (bicyclic) bond motifs is 1. The SMILES string of the molecule is Cc1c(C2CCC2)nc2c(Cl)cccn12. The van der Waals surface area contributed by atoms with E-state index in [1.54, 1.807) is 0 Å². The minimum absolute atomic E-state index is 0.668. The standard InChI is InChI=1S/C12H13ClN2/c1-8-11(9-4-2-5-9)14-12-10(13)6-3-7-15(8)12/h3,6-7,9H,2,4-5H2,1H3. The summed E-state index contributed by atoms with van der Waals surface area (Å²) >= 11 is 6.12. The first-order valence-electron chi connectivity index (χ1n) is 5.40. The van der Waals surface area contributed by atoms with Crippen LogP contribution in [0, 0.1) is 6.92 Å². The van der Waals surface area contributed by atoms with E-state index >= 15 is 0 Å². The van der Waals surface area contributed by atoms with Crippen LogP contribution in [0.1, 0.15) is 36.6 Å². The molecule has 2 heterocycles. The van der Waals surface area contributed by atoms with E-state index in [9.17, 15) is 0 Å². The van der Waals surface area contributed by atoms with Crippen LogP contribution in [0.25, 0.3) is 5.65 Å². The third kappa shape index (κ3) is 1.28. The number of aromatic nitrogens is 2. The molecule has 0 unspecified atom stereocenters. The van der Waals surface area contributed by atoms with Crippen LogP contribution >= 0.6 is 11.6 Å². The number of hydrogen-bond acceptors (Lipinski definition) is 1. The fourth-order valence-corrected chi connectivity index (χ4v) is 2.44. The number of aryl methyl sites for hydroxylation is 1. The van der Waals surface area contributed by atoms with Crippen LogP contribution in [0.2, 0.25) is 5.02 Å². The summed E-state index contributed by atoms with van der Waals surface area (Å²) in [6, 6.07) is 3.86. The van der Waals surface area contributed by atoms with Crippen LogP contribution in [0.4, 0.5) is 0 Å². The van der Waals surface area contributed by atoms with Crippen LogP contribution < -0.4 is 0 Å². The summed E-state index contributed by atoms with van der Waals surface area (Å²) in [6.07, 6.45) is 5.93. The summed E-state index contributed by atoms with van der Waals surface area (Å²) in [5.74, 6) is 0.668. The molecule has 2 nitrogen and oxygen atoms in total. The van der Waals surface area contributed by atoms with Gasteiger partial charge in [0, 0.05) is 17.8 Å². The summed E-state index contributed by atoms with van der Waals surface area (Å²) in [5.41, 5.74) is 3.39. The van der Waals surface area contributed by atoms with Crippen LogP contribution in [0.5, 0.6) is 0 Å². The molecule has 0 atom stereocenters. The lowest BCUT2D eigenvalue weighted by Crippen LogP contribution is -2.10. The van der Waals surface area contributed by atoms with E-state index < -0.39 is 0 Å². The topological polar surface area (TPSA) is 17.3 Å². The van der Waals surface area contributed by atoms with Crippen molar-refractivity contribution in [2.45, 2.75) is 32.1 Å². The second kappa shape index (κ2) is 3.24. The minimum atomic E-state index is 0.668. The van der Waals surface area contributed by atoms with Crippen molar-refractivity contribution < 1.29 is 0 Å². The first-order valence-corrected chi connectivity index (χ1v) is 5.78. The summed E-state index contributed by atoms with van der Waals surface area (Å²) in [4.78, 5) is 4.66. The van der Waals surface area contributed by atoms with Gasteiger partial charge in [0.05, 0.1) is 10.7 Å². The Bertz CT molecular complexity index is 512. The van der Waals surface area contributed by atoms with Crippen LogP contribution in [-0.2, 0) is 0 Å². The van der Waals surface area contributed by atoms with Crippen LogP contribution in [0.3, 0.4) is 0 Å². The quantitative estimate of drug-likeness (QED) is 0.718. The maximum Gasteiger partial charge on any atom is 0.156 e. The average Bonchev–Trinajstić information content (AvgIpc) is 2.45. The number of nitrogens with zero attached hydrogens (tertiary/aromatic N) is 2. The molecule has 0 amide bonds. The van der Waals surface area contributed by atoms with Crippen LogP contribution in [-0.4, -0.2) is 9.38 Å². The fraction of sp³-hybridized carbons (Fsp3) is 0.417. The molecule has 1 aliphatic rings. The molecule has 3 heteroatoms. The third-order valence-corrected chi connectivity index (χ3v) is 3.66. The van der Waals surface area contributed by atoms with Gasteiger partial charge in [-0.3, -0.25) is 0 Å². The van der Waals surface area contributed by atoms with Crippen molar-refractivity contribution in [3.8, 4) is 0 Å². The van der Waals surface area contributed by atoms with Gasteiger partial charge in [0.25, 0.3) is 0 Å². The lowest BCUT2D eigenvalue weighted by molar-refractivity contribution is 0.411. The van der Waals surface area contributed by atoms with Gasteiger partial charge >= 0.3 is 0 Å². The maximum absolute atomic E-state index is 6.12. The van der Waals surface area contributed by atoms with Gasteiger partial charge in [-0.05, 0) is 31.9 Å². The van der Waals surface area contributed by atoms with E-state index in [0.717, 1.165) is 10.7 Å². The predicted molar refractivity (Wildman–Crippen MR) is 61.5 cm³/mol. The van der Waals surface area contributed by atoms with Gasteiger partial charge in [0.1, 0.15) is 0 Å². The van der Waals surface area contributed by atoms with Crippen molar-refractivity contribution in [1.29, 1.82) is 0 Å². The molecule has 0 bridgehead atoms. The van der Waals surface area contributed by atoms with E-state index in [1.807, 2.05) is 18.3 Å². The van der Waals surface area contributed by atoms with Crippen molar-refractivity contribution in [1.82, 2.24) is 9.38 Å². The van der Waals surface area contributed by atoms with Gasteiger partial charge < -0.3 is 4.40 Å². The molecular formula is C12H13ClN2. The molecule has 3 rings (SSSR count). The number of hydrogen-bond donors (Lipinski definition) is 0. The van der Waals surface area contributed by atoms with Crippen molar-refractivity contribution in [2.24, 2.45) is 0 Å². The summed E-state index contributed by atoms with van der Waals surface area (Å²) in [5, 5.41) is 0.742. The predicted octanol–water partition coefficient (Wildman–Crippen LogP) is 3.56. The van der Waals surface area contributed by atoms with Gasteiger partial charge in [0.2, 0.25) is 0 Å². The maximum atomic E-state index is 6.12. The molecule has 0 radical (unpaired) electrons. The van der Waals surface area contributed by atoms with Crippen molar-refractivity contribution in [2.75, 3.05) is 0 Å². The second-order valence-corrected chi connectivity index (χ2v) is 4.67. The average molecular weight is 221 g/mol. The first kappa shape index (κ1) is 9.22. The highest BCUT2D eigenvalue weighted by Gasteiger charge is 2.25. The molecule has 0 spiro atoms. The number of imidazole rings is 1. The highest BCUT2D eigenvalue weighted by molar-refractivity contribution is 6.33. The van der Waals surface area contributed by atoms with E-state index in [4.69, 9.17) is 11.6 Å². The molecule has 2 aromatic rings. The van der Waals surface area contributed by atoms with Crippen molar-refractivity contribution in [3.63, 3.8) is 0 Å². The lowest BCUT2D eigenvalue weighted by Gasteiger charge is -2.23. The smallest absolute Gasteiger partial charge is 0.156 e. The molecule has 1 saturated carbocycles. The van der Waals surface area contributed by atoms with Gasteiger partial charge in [0.15, 0.2) is 5.65 Å². The number of rotatable bonds is 1. The Morgan fingerprint density at radius 3 is 2.87 bits per heavy atom. The molecule has 0 saturated heterocycles. The number of halogens is 1. The van der Waals surface area contributed by atoms with Gasteiger partial charge in [-0.1, -0.05) is 18.0 Å². The molecular weight excluding hydrogens is 208 g/mol. The first-order chi connectivity index (χ1) is 7.27. The Morgan fingerprint density at radius 2 is 2.27 bits per heavy atom. The lowest BCUT2D eigenvalue weighted by atomic mass is 9.82. The van der Waals surface area contributed by atoms with Crippen molar-refractivity contribution >= 4 is 17.2 Å². The van der Waals surface area contributed by atoms with E-state index in [0.29, 0.717) is 5.92 Å². The highest BCUT2D eigenvalue weighted by Crippen LogP contribution is 2.38. The van der Waals surface area contributed by atoms with Crippen LogP contribution in [0.15, 0.2) is 18.3 Å². The molecule has 0 N–H and O–H groups in total. The van der Waals surface area contributed by atoms with Gasteiger partial charge in [-0.25, -0.2) is 4.98 Å². The largest absolute Gasteiger partial charge is 0.303 e. The Hall–Kier alpha value is -1.02. The minimum Gasteiger partial charge on any atom is -0.303 e. The normalized spacial score (nSPS) is 16.9. The fourth-order valence-electron chi connectivity index (χ4n) is 2.24. The molecule has 1 fully saturated rings. The second-order valence-electron chi connectivity index (χ2n) is 4.26. The third-order valence-electron chi connectivity index (χ3n) is 3.37. The van der Waals surface area contributed by atoms with Gasteiger partial charge in [-0.15, -0.1) is 0 Å². The summed E-state index contributed by atoms with van der Waals surface area (Å²) in [6.45, 7) is 2.13. The van der Waals surface area contributed by atoms with Gasteiger partial charge in [-0.2, -0.15) is 0 Å². The molecule has 15 heavy (non-hydrogen) atoms. The highest BCUT2D eigenvalue weighted by atomic mass is 35.5. The van der Waals surface area contributed by atoms with E-state index in [2.05, 4.69) is 16.3 Å². The number of pyridine rings is 1. The molecule has 0 aromatic carbocycles. The monoisotopic (exact) mass is 220 g/mol. The molecule has 2 aromatic heterocycles. The summed E-state index contributed by atoms with van der Waals surface area (Å²) < 4.78 is 2.09. The Morgan fingerprint density at radius 1 is 1.47 bits per heavy atom. The zero-order valence-electron chi connectivity index (χ0n) is 8.70. The zero-order chi connectivity index (χ0) is 10.4. The van der Waals surface area contributed by atoms with E-state index in [1.165, 1.54) is 30.7 Å². The van der Waals surface area contributed by atoms with Crippen molar-refractivity contribution in [3.05, 3.63) is 34.7 Å². The Balaban J connectivity index is 2.23. The Labute approximate surface area is 93.9 Å².